The van der Waals surface area contributed by atoms with Crippen molar-refractivity contribution < 1.29 is 38.1 Å². The number of nitrogens with one attached hydrogen (secondary N) is 2. The molecular weight excluding hydrogens is 420 g/mol. The predicted molar refractivity (Wildman–Crippen MR) is 116 cm³/mol. The molecule has 0 bridgehead atoms. The van der Waals surface area contributed by atoms with E-state index in [9.17, 15) is 14.4 Å². The highest BCUT2D eigenvalue weighted by atomic mass is 16.5. The molecule has 0 spiro atoms. The highest BCUT2D eigenvalue weighted by Gasteiger charge is 2.20. The lowest BCUT2D eigenvalue weighted by atomic mass is 10.1. The second-order valence-corrected chi connectivity index (χ2v) is 6.45. The number of anilines is 1. The number of hydrogen-bond donors (Lipinski definition) is 2. The van der Waals surface area contributed by atoms with Crippen LogP contribution in [-0.2, 0) is 14.3 Å². The van der Waals surface area contributed by atoms with Gasteiger partial charge in [0.25, 0.3) is 11.8 Å². The molecule has 2 rings (SSSR count). The molecule has 0 aliphatic rings. The third-order valence-corrected chi connectivity index (χ3v) is 4.36. The van der Waals surface area contributed by atoms with Crippen molar-refractivity contribution in [3.63, 3.8) is 0 Å². The van der Waals surface area contributed by atoms with Gasteiger partial charge in [-0.25, -0.2) is 0 Å². The van der Waals surface area contributed by atoms with Crippen molar-refractivity contribution in [1.29, 1.82) is 0 Å². The van der Waals surface area contributed by atoms with Gasteiger partial charge in [0.2, 0.25) is 5.75 Å². The monoisotopic (exact) mass is 446 g/mol. The van der Waals surface area contributed by atoms with Gasteiger partial charge in [-0.2, -0.15) is 0 Å². The van der Waals surface area contributed by atoms with Gasteiger partial charge >= 0.3 is 5.97 Å². The molecule has 2 N–H and O–H groups in total. The summed E-state index contributed by atoms with van der Waals surface area (Å²) in [6, 6.07) is 9.58. The van der Waals surface area contributed by atoms with E-state index in [-0.39, 0.29) is 5.56 Å². The number of hydrogen-bond acceptors (Lipinski definition) is 8. The Balaban J connectivity index is 1.91. The van der Waals surface area contributed by atoms with Crippen LogP contribution in [0.5, 0.6) is 23.0 Å². The van der Waals surface area contributed by atoms with Crippen molar-refractivity contribution in [1.82, 2.24) is 5.32 Å². The zero-order chi connectivity index (χ0) is 23.7. The summed E-state index contributed by atoms with van der Waals surface area (Å²) >= 11 is 0. The topological polar surface area (TPSA) is 121 Å². The van der Waals surface area contributed by atoms with Crippen molar-refractivity contribution in [2.75, 3.05) is 40.3 Å². The summed E-state index contributed by atoms with van der Waals surface area (Å²) < 4.78 is 25.8. The fourth-order valence-corrected chi connectivity index (χ4v) is 2.68. The molecule has 0 saturated carbocycles. The third-order valence-electron chi connectivity index (χ3n) is 4.36. The lowest BCUT2D eigenvalue weighted by Crippen LogP contribution is -2.35. The first-order valence-electron chi connectivity index (χ1n) is 9.55. The molecule has 2 aromatic carbocycles. The molecule has 0 saturated heterocycles. The molecule has 2 aromatic rings. The summed E-state index contributed by atoms with van der Waals surface area (Å²) in [5, 5.41) is 5.06. The number of esters is 1. The lowest BCUT2D eigenvalue weighted by molar-refractivity contribution is -0.152. The molecule has 32 heavy (non-hydrogen) atoms. The third kappa shape index (κ3) is 6.27. The van der Waals surface area contributed by atoms with E-state index >= 15 is 0 Å². The van der Waals surface area contributed by atoms with Crippen molar-refractivity contribution in [3.05, 3.63) is 42.0 Å². The maximum atomic E-state index is 12.4. The molecule has 0 aliphatic carbocycles. The van der Waals surface area contributed by atoms with Gasteiger partial charge < -0.3 is 34.3 Å². The minimum absolute atomic E-state index is 0.192. The number of carbonyl (C=O) groups is 3. The van der Waals surface area contributed by atoms with Crippen LogP contribution in [0.1, 0.15) is 17.3 Å². The Bertz CT molecular complexity index is 934. The van der Waals surface area contributed by atoms with Crippen LogP contribution >= 0.6 is 0 Å². The maximum absolute atomic E-state index is 12.4. The number of rotatable bonds is 10. The smallest absolute Gasteiger partial charge is 0.326 e. The van der Waals surface area contributed by atoms with Gasteiger partial charge in [0.15, 0.2) is 17.6 Å². The van der Waals surface area contributed by atoms with Gasteiger partial charge in [-0.3, -0.25) is 14.4 Å². The van der Waals surface area contributed by atoms with Crippen molar-refractivity contribution in [3.8, 4) is 23.0 Å². The van der Waals surface area contributed by atoms with Crippen molar-refractivity contribution in [2.45, 2.75) is 13.0 Å². The van der Waals surface area contributed by atoms with Gasteiger partial charge in [-0.05, 0) is 43.3 Å². The van der Waals surface area contributed by atoms with Gasteiger partial charge in [0.05, 0.1) is 28.4 Å². The minimum atomic E-state index is -1.07. The normalized spacial score (nSPS) is 11.0. The van der Waals surface area contributed by atoms with Crippen LogP contribution in [0.15, 0.2) is 36.4 Å². The van der Waals surface area contributed by atoms with Crippen LogP contribution in [0, 0.1) is 0 Å². The van der Waals surface area contributed by atoms with Crippen LogP contribution in [0.2, 0.25) is 0 Å². The molecule has 0 radical (unpaired) electrons. The zero-order valence-electron chi connectivity index (χ0n) is 18.5. The molecule has 0 heterocycles. The van der Waals surface area contributed by atoms with Crippen molar-refractivity contribution >= 4 is 23.5 Å². The van der Waals surface area contributed by atoms with Gasteiger partial charge in [0.1, 0.15) is 12.3 Å². The van der Waals surface area contributed by atoms with Gasteiger partial charge in [-0.15, -0.1) is 0 Å². The predicted octanol–water partition coefficient (Wildman–Crippen LogP) is 2.02. The minimum Gasteiger partial charge on any atom is -0.497 e. The molecule has 0 fully saturated rings. The lowest BCUT2D eigenvalue weighted by Gasteiger charge is -2.15. The molecule has 0 aromatic heterocycles. The average molecular weight is 446 g/mol. The van der Waals surface area contributed by atoms with E-state index in [0.717, 1.165) is 0 Å². The van der Waals surface area contributed by atoms with E-state index in [1.807, 2.05) is 0 Å². The van der Waals surface area contributed by atoms with Crippen LogP contribution in [0.4, 0.5) is 5.69 Å². The van der Waals surface area contributed by atoms with Crippen LogP contribution in [0.25, 0.3) is 0 Å². The van der Waals surface area contributed by atoms with Crippen LogP contribution in [0.3, 0.4) is 0 Å². The second-order valence-electron chi connectivity index (χ2n) is 6.45. The summed E-state index contributed by atoms with van der Waals surface area (Å²) in [7, 11) is 5.83. The quantitative estimate of drug-likeness (QED) is 0.532. The summed E-state index contributed by atoms with van der Waals surface area (Å²) in [5.74, 6) is -0.279. The Morgan fingerprint density at radius 2 is 1.47 bits per heavy atom. The van der Waals surface area contributed by atoms with Crippen molar-refractivity contribution in [2.24, 2.45) is 0 Å². The molecule has 0 aliphatic heterocycles. The van der Waals surface area contributed by atoms with E-state index in [4.69, 9.17) is 23.7 Å². The largest absolute Gasteiger partial charge is 0.497 e. The van der Waals surface area contributed by atoms with Crippen LogP contribution in [-0.4, -0.2) is 58.9 Å². The molecule has 2 amide bonds. The maximum Gasteiger partial charge on any atom is 0.326 e. The number of ether oxygens (including phenoxy) is 5. The Hall–Kier alpha value is -3.95. The van der Waals surface area contributed by atoms with E-state index in [1.165, 1.54) is 47.5 Å². The summed E-state index contributed by atoms with van der Waals surface area (Å²) in [6.07, 6.45) is -1.07. The molecule has 10 nitrogen and oxygen atoms in total. The SMILES string of the molecule is COc1ccc(NC(=O)C(C)OC(=O)CNC(=O)c2cc(OC)c(OC)c(OC)c2)cc1. The molecule has 1 atom stereocenters. The van der Waals surface area contributed by atoms with E-state index < -0.39 is 30.4 Å². The standard InChI is InChI=1S/C22H26N2O8/c1-13(21(26)24-15-6-8-16(28-2)9-7-15)32-19(25)12-23-22(27)14-10-17(29-3)20(31-5)18(11-14)30-4/h6-11,13H,12H2,1-5H3,(H,23,27)(H,24,26). The number of amides is 2. The molecule has 172 valence electrons. The van der Waals surface area contributed by atoms with E-state index in [1.54, 1.807) is 24.3 Å². The fourth-order valence-electron chi connectivity index (χ4n) is 2.68. The van der Waals surface area contributed by atoms with Gasteiger partial charge in [-0.1, -0.05) is 0 Å². The van der Waals surface area contributed by atoms with Gasteiger partial charge in [0, 0.05) is 11.3 Å². The number of methoxy groups -OCH3 is 4. The Kier molecular flexibility index (Phi) is 8.70. The Morgan fingerprint density at radius 1 is 0.875 bits per heavy atom. The summed E-state index contributed by atoms with van der Waals surface area (Å²) in [5.41, 5.74) is 0.715. The molecule has 1 unspecified atom stereocenters. The fraction of sp³-hybridized carbons (Fsp3) is 0.318. The van der Waals surface area contributed by atoms with E-state index in [0.29, 0.717) is 28.7 Å². The highest BCUT2D eigenvalue weighted by Crippen LogP contribution is 2.38. The Labute approximate surface area is 185 Å². The van der Waals surface area contributed by atoms with Crippen LogP contribution < -0.4 is 29.6 Å². The first-order chi connectivity index (χ1) is 15.3. The first kappa shape index (κ1) is 24.3. The van der Waals surface area contributed by atoms with E-state index in [2.05, 4.69) is 10.6 Å². The number of benzene rings is 2. The summed E-state index contributed by atoms with van der Waals surface area (Å²) in [6.45, 7) is 0.993. The first-order valence-corrected chi connectivity index (χ1v) is 9.55. The molecule has 10 heteroatoms. The summed E-state index contributed by atoms with van der Waals surface area (Å²) in [4.78, 5) is 36.7. The zero-order valence-corrected chi connectivity index (χ0v) is 18.5. The highest BCUT2D eigenvalue weighted by molar-refractivity contribution is 5.98. The number of carbonyl (C=O) groups excluding carboxylic acids is 3. The average Bonchev–Trinajstić information content (AvgIpc) is 2.81. The molecular formula is C22H26N2O8. The Morgan fingerprint density at radius 3 is 1.97 bits per heavy atom. The second kappa shape index (κ2) is 11.4.